The van der Waals surface area contributed by atoms with Crippen LogP contribution in [0.25, 0.3) is 0 Å². The number of hydrogen-bond acceptors (Lipinski definition) is 2. The largest absolute Gasteiger partial charge is 0.492 e. The first kappa shape index (κ1) is 16.5. The minimum Gasteiger partial charge on any atom is -0.492 e. The summed E-state index contributed by atoms with van der Waals surface area (Å²) in [5.74, 6) is 0.930. The van der Waals surface area contributed by atoms with Gasteiger partial charge in [0.25, 0.3) is 0 Å². The first-order valence-corrected chi connectivity index (χ1v) is 8.15. The maximum absolute atomic E-state index is 10.8. The minimum absolute atomic E-state index is 0.716. The number of carbonyl (C=O) groups is 1. The second-order valence-corrected chi connectivity index (χ2v) is 6.05. The summed E-state index contributed by atoms with van der Waals surface area (Å²) in [6.07, 6.45) is 8.49. The average Bonchev–Trinajstić information content (AvgIpc) is 2.40. The van der Waals surface area contributed by atoms with Gasteiger partial charge in [0, 0.05) is 5.56 Å². The van der Waals surface area contributed by atoms with Crippen molar-refractivity contribution in [2.24, 2.45) is 0 Å². The first-order chi connectivity index (χ1) is 9.19. The van der Waals surface area contributed by atoms with E-state index in [1.165, 1.54) is 32.1 Å². The Morgan fingerprint density at radius 2 is 1.84 bits per heavy atom. The fraction of sp³-hybridized carbons (Fsp3) is 0.562. The van der Waals surface area contributed by atoms with Gasteiger partial charge in [0.2, 0.25) is 0 Å². The first-order valence-electron chi connectivity index (χ1n) is 7.07. The quantitative estimate of drug-likeness (QED) is 0.339. The summed E-state index contributed by atoms with van der Waals surface area (Å²) in [6, 6.07) is 3.75. The van der Waals surface area contributed by atoms with Gasteiger partial charge in [-0.15, -0.1) is 0 Å². The molecule has 0 N–H and O–H groups in total. The molecule has 0 aliphatic rings. The Bertz CT molecular complexity index is 379. The highest BCUT2D eigenvalue weighted by molar-refractivity contribution is 14.1. The Kier molecular flexibility index (Phi) is 8.10. The number of unbranched alkanes of at least 4 members (excludes halogenated alkanes) is 5. The second-order valence-electron chi connectivity index (χ2n) is 4.88. The highest BCUT2D eigenvalue weighted by Gasteiger charge is 2.07. The fourth-order valence-corrected chi connectivity index (χ4v) is 3.01. The van der Waals surface area contributed by atoms with Crippen LogP contribution in [0.2, 0.25) is 0 Å². The van der Waals surface area contributed by atoms with Crippen LogP contribution in [0.3, 0.4) is 0 Å². The maximum Gasteiger partial charge on any atom is 0.150 e. The van der Waals surface area contributed by atoms with Gasteiger partial charge in [-0.05, 0) is 53.6 Å². The van der Waals surface area contributed by atoms with Crippen LogP contribution in [0.15, 0.2) is 12.1 Å². The Hall–Kier alpha value is -0.580. The number of rotatable bonds is 9. The van der Waals surface area contributed by atoms with E-state index in [2.05, 4.69) is 29.5 Å². The molecule has 0 heterocycles. The molecule has 0 bridgehead atoms. The topological polar surface area (TPSA) is 26.3 Å². The zero-order chi connectivity index (χ0) is 14.1. The van der Waals surface area contributed by atoms with Crippen LogP contribution < -0.4 is 4.74 Å². The molecule has 106 valence electrons. The third kappa shape index (κ3) is 5.93. The van der Waals surface area contributed by atoms with Crippen LogP contribution in [0.4, 0.5) is 0 Å². The summed E-state index contributed by atoms with van der Waals surface area (Å²) >= 11 is 2.23. The predicted octanol–water partition coefficient (Wildman–Crippen LogP) is 5.15. The van der Waals surface area contributed by atoms with E-state index in [1.807, 2.05) is 19.1 Å². The molecule has 0 atom stereocenters. The molecule has 0 spiro atoms. The lowest BCUT2D eigenvalue weighted by molar-refractivity contribution is 0.112. The number of aryl methyl sites for hydroxylation is 1. The van der Waals surface area contributed by atoms with Crippen molar-refractivity contribution in [3.63, 3.8) is 0 Å². The molecular weight excluding hydrogens is 351 g/mol. The number of benzene rings is 1. The highest BCUT2D eigenvalue weighted by atomic mass is 127. The van der Waals surface area contributed by atoms with Crippen molar-refractivity contribution >= 4 is 28.9 Å². The SMILES string of the molecule is CCCCCCCCOc1c(C)cc(C=O)cc1I. The van der Waals surface area contributed by atoms with Gasteiger partial charge in [0.15, 0.2) is 0 Å². The minimum atomic E-state index is 0.716. The molecule has 0 aromatic heterocycles. The molecule has 0 unspecified atom stereocenters. The number of halogens is 1. The Morgan fingerprint density at radius 3 is 2.47 bits per heavy atom. The smallest absolute Gasteiger partial charge is 0.150 e. The average molecular weight is 374 g/mol. The molecule has 1 aromatic carbocycles. The van der Waals surface area contributed by atoms with Crippen LogP contribution in [-0.4, -0.2) is 12.9 Å². The van der Waals surface area contributed by atoms with Crippen molar-refractivity contribution in [3.8, 4) is 5.75 Å². The van der Waals surface area contributed by atoms with Crippen LogP contribution in [0.1, 0.15) is 61.4 Å². The fourth-order valence-electron chi connectivity index (χ4n) is 2.06. The highest BCUT2D eigenvalue weighted by Crippen LogP contribution is 2.26. The third-order valence-electron chi connectivity index (χ3n) is 3.13. The van der Waals surface area contributed by atoms with Gasteiger partial charge in [-0.25, -0.2) is 0 Å². The summed E-state index contributed by atoms with van der Waals surface area (Å²) in [5.41, 5.74) is 1.76. The van der Waals surface area contributed by atoms with Gasteiger partial charge < -0.3 is 4.74 Å². The van der Waals surface area contributed by atoms with Gasteiger partial charge in [-0.3, -0.25) is 4.79 Å². The summed E-state index contributed by atoms with van der Waals surface area (Å²) < 4.78 is 6.87. The normalized spacial score (nSPS) is 10.5. The summed E-state index contributed by atoms with van der Waals surface area (Å²) in [4.78, 5) is 10.8. The van der Waals surface area contributed by atoms with E-state index in [9.17, 15) is 4.79 Å². The molecule has 0 aliphatic heterocycles. The van der Waals surface area contributed by atoms with Crippen molar-refractivity contribution in [2.45, 2.75) is 52.4 Å². The lowest BCUT2D eigenvalue weighted by atomic mass is 10.1. The molecule has 0 saturated heterocycles. The molecular formula is C16H23IO2. The third-order valence-corrected chi connectivity index (χ3v) is 3.93. The number of aldehydes is 1. The molecule has 19 heavy (non-hydrogen) atoms. The van der Waals surface area contributed by atoms with E-state index >= 15 is 0 Å². The van der Waals surface area contributed by atoms with E-state index in [1.54, 1.807) is 0 Å². The van der Waals surface area contributed by atoms with E-state index in [0.29, 0.717) is 5.56 Å². The molecule has 2 nitrogen and oxygen atoms in total. The van der Waals surface area contributed by atoms with Crippen molar-refractivity contribution in [1.82, 2.24) is 0 Å². The number of ether oxygens (including phenoxy) is 1. The van der Waals surface area contributed by atoms with Crippen LogP contribution in [0.5, 0.6) is 5.75 Å². The Morgan fingerprint density at radius 1 is 1.16 bits per heavy atom. The van der Waals surface area contributed by atoms with Crippen LogP contribution in [-0.2, 0) is 0 Å². The van der Waals surface area contributed by atoms with E-state index < -0.39 is 0 Å². The number of carbonyl (C=O) groups excluding carboxylic acids is 1. The summed E-state index contributed by atoms with van der Waals surface area (Å²) in [7, 11) is 0. The molecule has 0 fully saturated rings. The van der Waals surface area contributed by atoms with E-state index in [0.717, 1.165) is 34.2 Å². The maximum atomic E-state index is 10.8. The Labute approximate surface area is 130 Å². The molecule has 1 rings (SSSR count). The predicted molar refractivity (Wildman–Crippen MR) is 88.2 cm³/mol. The van der Waals surface area contributed by atoms with Crippen LogP contribution >= 0.6 is 22.6 Å². The van der Waals surface area contributed by atoms with Crippen molar-refractivity contribution in [1.29, 1.82) is 0 Å². The van der Waals surface area contributed by atoms with Crippen molar-refractivity contribution in [2.75, 3.05) is 6.61 Å². The molecule has 0 radical (unpaired) electrons. The van der Waals surface area contributed by atoms with Crippen molar-refractivity contribution in [3.05, 3.63) is 26.8 Å². The van der Waals surface area contributed by atoms with Gasteiger partial charge in [0.05, 0.1) is 10.2 Å². The lowest BCUT2D eigenvalue weighted by Crippen LogP contribution is -2.01. The van der Waals surface area contributed by atoms with E-state index in [-0.39, 0.29) is 0 Å². The summed E-state index contributed by atoms with van der Waals surface area (Å²) in [6.45, 7) is 4.99. The zero-order valence-corrected chi connectivity index (χ0v) is 14.0. The Balaban J connectivity index is 2.35. The van der Waals surface area contributed by atoms with Gasteiger partial charge in [-0.2, -0.15) is 0 Å². The second kappa shape index (κ2) is 9.34. The van der Waals surface area contributed by atoms with E-state index in [4.69, 9.17) is 4.74 Å². The molecule has 1 aromatic rings. The van der Waals surface area contributed by atoms with Crippen molar-refractivity contribution < 1.29 is 9.53 Å². The molecule has 3 heteroatoms. The monoisotopic (exact) mass is 374 g/mol. The standard InChI is InChI=1S/C16H23IO2/c1-3-4-5-6-7-8-9-19-16-13(2)10-14(12-18)11-15(16)17/h10-12H,3-9H2,1-2H3. The van der Waals surface area contributed by atoms with Crippen LogP contribution in [0, 0.1) is 10.5 Å². The molecule has 0 saturated carbocycles. The molecule has 0 amide bonds. The molecule has 0 aliphatic carbocycles. The summed E-state index contributed by atoms with van der Waals surface area (Å²) in [5, 5.41) is 0. The van der Waals surface area contributed by atoms with Gasteiger partial charge in [0.1, 0.15) is 12.0 Å². The number of hydrogen-bond donors (Lipinski definition) is 0. The lowest BCUT2D eigenvalue weighted by Gasteiger charge is -2.11. The van der Waals surface area contributed by atoms with Gasteiger partial charge >= 0.3 is 0 Å². The zero-order valence-electron chi connectivity index (χ0n) is 11.9. The van der Waals surface area contributed by atoms with Gasteiger partial charge in [-0.1, -0.05) is 39.0 Å².